The Balaban J connectivity index is 3.25. The van der Waals surface area contributed by atoms with Crippen molar-refractivity contribution in [2.24, 2.45) is 0 Å². The van der Waals surface area contributed by atoms with Crippen molar-refractivity contribution in [2.75, 3.05) is 0 Å². The molecule has 0 amide bonds. The van der Waals surface area contributed by atoms with Crippen LogP contribution in [-0.4, -0.2) is 0 Å². The molecule has 0 unspecified atom stereocenters. The van der Waals surface area contributed by atoms with Crippen LogP contribution in [0.3, 0.4) is 0 Å². The summed E-state index contributed by atoms with van der Waals surface area (Å²) in [5.74, 6) is 0. The fourth-order valence-corrected chi connectivity index (χ4v) is 0.849. The zero-order chi connectivity index (χ0) is 6.85. The largest absolute Gasteiger partial charge is 0.325 e. The maximum Gasteiger partial charge on any atom is 0.133 e. The number of aryl methyl sites for hydroxylation is 2. The van der Waals surface area contributed by atoms with Crippen LogP contribution in [-0.2, 0) is 0 Å². The second kappa shape index (κ2) is 2.19. The maximum absolute atomic E-state index is 3.92. The Bertz CT molecular complexity index is 196. The van der Waals surface area contributed by atoms with E-state index in [0.717, 1.165) is 5.69 Å². The van der Waals surface area contributed by atoms with Gasteiger partial charge in [0.15, 0.2) is 0 Å². The molecule has 0 fully saturated rings. The van der Waals surface area contributed by atoms with E-state index in [2.05, 4.69) is 37.8 Å². The molecule has 1 rings (SSSR count). The van der Waals surface area contributed by atoms with Crippen molar-refractivity contribution in [3.63, 3.8) is 0 Å². The van der Waals surface area contributed by atoms with Gasteiger partial charge in [-0.15, -0.1) is 0 Å². The zero-order valence-electron chi connectivity index (χ0n) is 5.94. The van der Waals surface area contributed by atoms with Gasteiger partial charge in [0.1, 0.15) is 5.69 Å². The number of quaternary nitrogens is 1. The van der Waals surface area contributed by atoms with Gasteiger partial charge in [0.05, 0.1) is 0 Å². The fourth-order valence-electron chi connectivity index (χ4n) is 0.849. The lowest BCUT2D eigenvalue weighted by Gasteiger charge is -1.96. The molecular weight excluding hydrogens is 110 g/mol. The van der Waals surface area contributed by atoms with Crippen molar-refractivity contribution in [3.8, 4) is 0 Å². The molecule has 0 aromatic heterocycles. The first-order valence-electron chi connectivity index (χ1n) is 3.10. The average Bonchev–Trinajstić information content (AvgIpc) is 1.83. The molecule has 0 spiro atoms. The maximum atomic E-state index is 3.92. The summed E-state index contributed by atoms with van der Waals surface area (Å²) in [4.78, 5) is 0. The third kappa shape index (κ3) is 1.11. The molecule has 9 heavy (non-hydrogen) atoms. The molecule has 0 saturated carbocycles. The van der Waals surface area contributed by atoms with Crippen molar-refractivity contribution in [1.29, 1.82) is 0 Å². The number of rotatable bonds is 0. The van der Waals surface area contributed by atoms with E-state index in [1.807, 2.05) is 0 Å². The van der Waals surface area contributed by atoms with Crippen LogP contribution in [0.5, 0.6) is 0 Å². The first kappa shape index (κ1) is 6.30. The standard InChI is InChI=1S/C8H11N/c1-6-4-3-5-7(2)8(6)9/h3-5H,9H2,1-2H3/p+1. The van der Waals surface area contributed by atoms with Crippen LogP contribution in [0.2, 0.25) is 0 Å². The third-order valence-corrected chi connectivity index (χ3v) is 1.64. The van der Waals surface area contributed by atoms with Gasteiger partial charge in [-0.05, 0) is 13.8 Å². The van der Waals surface area contributed by atoms with E-state index in [1.165, 1.54) is 11.1 Å². The average molecular weight is 122 g/mol. The highest BCUT2D eigenvalue weighted by molar-refractivity contribution is 5.44. The Morgan fingerprint density at radius 1 is 1.11 bits per heavy atom. The van der Waals surface area contributed by atoms with E-state index < -0.39 is 0 Å². The van der Waals surface area contributed by atoms with E-state index in [0.29, 0.717) is 0 Å². The fraction of sp³-hybridized carbons (Fsp3) is 0.250. The number of benzene rings is 1. The van der Waals surface area contributed by atoms with E-state index in [4.69, 9.17) is 0 Å². The molecule has 1 aromatic carbocycles. The summed E-state index contributed by atoms with van der Waals surface area (Å²) in [6.45, 7) is 4.16. The zero-order valence-corrected chi connectivity index (χ0v) is 5.94. The molecule has 0 aliphatic rings. The molecular formula is C8H12N+. The van der Waals surface area contributed by atoms with E-state index >= 15 is 0 Å². The Morgan fingerprint density at radius 3 is 1.89 bits per heavy atom. The molecule has 0 saturated heterocycles. The highest BCUT2D eigenvalue weighted by Gasteiger charge is 1.97. The topological polar surface area (TPSA) is 27.6 Å². The van der Waals surface area contributed by atoms with Gasteiger partial charge in [0.25, 0.3) is 0 Å². The molecule has 0 atom stereocenters. The minimum Gasteiger partial charge on any atom is -0.325 e. The van der Waals surface area contributed by atoms with Gasteiger partial charge in [-0.3, -0.25) is 0 Å². The van der Waals surface area contributed by atoms with Crippen LogP contribution < -0.4 is 5.73 Å². The molecule has 0 heterocycles. The van der Waals surface area contributed by atoms with Crippen molar-refractivity contribution in [2.45, 2.75) is 13.8 Å². The van der Waals surface area contributed by atoms with Crippen molar-refractivity contribution in [1.82, 2.24) is 0 Å². The van der Waals surface area contributed by atoms with Gasteiger partial charge in [-0.1, -0.05) is 18.2 Å². The second-order valence-electron chi connectivity index (χ2n) is 2.37. The number of hydrogen-bond donors (Lipinski definition) is 1. The van der Waals surface area contributed by atoms with Gasteiger partial charge >= 0.3 is 0 Å². The SMILES string of the molecule is Cc1cccc(C)c1[NH3+]. The van der Waals surface area contributed by atoms with Crippen molar-refractivity contribution < 1.29 is 5.73 Å². The Morgan fingerprint density at radius 2 is 1.56 bits per heavy atom. The van der Waals surface area contributed by atoms with Gasteiger partial charge in [-0.2, -0.15) is 0 Å². The van der Waals surface area contributed by atoms with Crippen LogP contribution >= 0.6 is 0 Å². The molecule has 0 aliphatic heterocycles. The van der Waals surface area contributed by atoms with Gasteiger partial charge in [0.2, 0.25) is 0 Å². The van der Waals surface area contributed by atoms with Crippen LogP contribution in [0.25, 0.3) is 0 Å². The summed E-state index contributed by atoms with van der Waals surface area (Å²) in [6.07, 6.45) is 0. The van der Waals surface area contributed by atoms with E-state index in [9.17, 15) is 0 Å². The quantitative estimate of drug-likeness (QED) is 0.535. The smallest absolute Gasteiger partial charge is 0.133 e. The molecule has 0 bridgehead atoms. The highest BCUT2D eigenvalue weighted by atomic mass is 14.6. The van der Waals surface area contributed by atoms with Crippen LogP contribution in [0.15, 0.2) is 18.2 Å². The lowest BCUT2D eigenvalue weighted by Crippen LogP contribution is -2.42. The predicted octanol–water partition coefficient (Wildman–Crippen LogP) is 1.18. The Hall–Kier alpha value is -0.820. The second-order valence-corrected chi connectivity index (χ2v) is 2.37. The Labute approximate surface area is 55.5 Å². The summed E-state index contributed by atoms with van der Waals surface area (Å²) in [5, 5.41) is 0. The summed E-state index contributed by atoms with van der Waals surface area (Å²) in [7, 11) is 0. The van der Waals surface area contributed by atoms with E-state index in [-0.39, 0.29) is 0 Å². The van der Waals surface area contributed by atoms with Gasteiger partial charge < -0.3 is 5.73 Å². The lowest BCUT2D eigenvalue weighted by atomic mass is 10.1. The molecule has 1 heteroatoms. The van der Waals surface area contributed by atoms with Crippen molar-refractivity contribution in [3.05, 3.63) is 29.3 Å². The number of hydrogen-bond acceptors (Lipinski definition) is 0. The summed E-state index contributed by atoms with van der Waals surface area (Å²) in [6, 6.07) is 6.21. The first-order chi connectivity index (χ1) is 4.22. The molecule has 0 radical (unpaired) electrons. The summed E-state index contributed by atoms with van der Waals surface area (Å²) in [5.41, 5.74) is 7.63. The normalized spacial score (nSPS) is 9.67. The highest BCUT2D eigenvalue weighted by Crippen LogP contribution is 2.11. The molecule has 1 aromatic rings. The Kier molecular flexibility index (Phi) is 1.54. The lowest BCUT2D eigenvalue weighted by molar-refractivity contribution is -0.256. The molecule has 3 N–H and O–H groups in total. The van der Waals surface area contributed by atoms with Crippen LogP contribution in [0.1, 0.15) is 11.1 Å². The van der Waals surface area contributed by atoms with Crippen molar-refractivity contribution >= 4 is 5.69 Å². The summed E-state index contributed by atoms with van der Waals surface area (Å²) >= 11 is 0. The monoisotopic (exact) mass is 122 g/mol. The minimum atomic E-state index is 1.16. The summed E-state index contributed by atoms with van der Waals surface area (Å²) < 4.78 is 0. The van der Waals surface area contributed by atoms with Crippen LogP contribution in [0.4, 0.5) is 5.69 Å². The minimum absolute atomic E-state index is 1.16. The third-order valence-electron chi connectivity index (χ3n) is 1.64. The van der Waals surface area contributed by atoms with Gasteiger partial charge in [0, 0.05) is 11.1 Å². The molecule has 48 valence electrons. The van der Waals surface area contributed by atoms with Crippen LogP contribution in [0, 0.1) is 13.8 Å². The molecule has 0 aliphatic carbocycles. The first-order valence-corrected chi connectivity index (χ1v) is 3.10. The van der Waals surface area contributed by atoms with E-state index in [1.54, 1.807) is 0 Å². The predicted molar refractivity (Wildman–Crippen MR) is 38.5 cm³/mol. The van der Waals surface area contributed by atoms with Gasteiger partial charge in [-0.25, -0.2) is 0 Å². The molecule has 1 nitrogen and oxygen atoms in total.